The van der Waals surface area contributed by atoms with Crippen LogP contribution in [-0.2, 0) is 4.74 Å². The van der Waals surface area contributed by atoms with Gasteiger partial charge in [0, 0.05) is 20.3 Å². The maximum absolute atomic E-state index is 5.01. The highest BCUT2D eigenvalue weighted by molar-refractivity contribution is 4.63. The summed E-state index contributed by atoms with van der Waals surface area (Å²) in [5, 5.41) is 0. The molecule has 0 aliphatic carbocycles. The van der Waals surface area contributed by atoms with Crippen molar-refractivity contribution < 1.29 is 4.74 Å². The SMILES string of the molecule is CC.COCCCN1CCCCC1. The Morgan fingerprint density at radius 1 is 1.08 bits per heavy atom. The molecule has 0 bridgehead atoms. The fraction of sp³-hybridized carbons (Fsp3) is 1.00. The van der Waals surface area contributed by atoms with E-state index in [1.54, 1.807) is 7.11 Å². The van der Waals surface area contributed by atoms with Crippen molar-refractivity contribution in [1.82, 2.24) is 4.90 Å². The van der Waals surface area contributed by atoms with Crippen LogP contribution >= 0.6 is 0 Å². The molecule has 1 rings (SSSR count). The van der Waals surface area contributed by atoms with Crippen molar-refractivity contribution in [3.05, 3.63) is 0 Å². The summed E-state index contributed by atoms with van der Waals surface area (Å²) >= 11 is 0. The number of hydrogen-bond donors (Lipinski definition) is 0. The second kappa shape index (κ2) is 10.0. The second-order valence-corrected chi connectivity index (χ2v) is 3.25. The van der Waals surface area contributed by atoms with E-state index in [9.17, 15) is 0 Å². The molecule has 0 spiro atoms. The van der Waals surface area contributed by atoms with Gasteiger partial charge in [-0.2, -0.15) is 0 Å². The van der Waals surface area contributed by atoms with E-state index in [2.05, 4.69) is 4.90 Å². The Labute approximate surface area is 83.3 Å². The predicted molar refractivity (Wildman–Crippen MR) is 58.1 cm³/mol. The summed E-state index contributed by atoms with van der Waals surface area (Å²) < 4.78 is 5.01. The molecule has 0 aromatic rings. The first-order chi connectivity index (χ1) is 6.43. The van der Waals surface area contributed by atoms with E-state index in [1.807, 2.05) is 13.8 Å². The van der Waals surface area contributed by atoms with Crippen LogP contribution in [0.15, 0.2) is 0 Å². The summed E-state index contributed by atoms with van der Waals surface area (Å²) in [7, 11) is 1.77. The van der Waals surface area contributed by atoms with E-state index in [-0.39, 0.29) is 0 Å². The molecule has 0 saturated carbocycles. The minimum Gasteiger partial charge on any atom is -0.385 e. The van der Waals surface area contributed by atoms with E-state index >= 15 is 0 Å². The van der Waals surface area contributed by atoms with E-state index < -0.39 is 0 Å². The molecule has 80 valence electrons. The Morgan fingerprint density at radius 2 is 1.69 bits per heavy atom. The lowest BCUT2D eigenvalue weighted by atomic mass is 10.1. The minimum atomic E-state index is 0.913. The fourth-order valence-electron chi connectivity index (χ4n) is 1.62. The molecule has 2 nitrogen and oxygen atoms in total. The Hall–Kier alpha value is -0.0800. The topological polar surface area (TPSA) is 12.5 Å². The van der Waals surface area contributed by atoms with Crippen molar-refractivity contribution in [2.75, 3.05) is 33.4 Å². The number of piperidine rings is 1. The smallest absolute Gasteiger partial charge is 0.0474 e. The Kier molecular flexibility index (Phi) is 9.94. The monoisotopic (exact) mass is 187 g/mol. The maximum Gasteiger partial charge on any atom is 0.0474 e. The number of methoxy groups -OCH3 is 1. The second-order valence-electron chi connectivity index (χ2n) is 3.25. The summed E-state index contributed by atoms with van der Waals surface area (Å²) in [5.41, 5.74) is 0. The third-order valence-corrected chi connectivity index (χ3v) is 2.27. The quantitative estimate of drug-likeness (QED) is 0.627. The van der Waals surface area contributed by atoms with Gasteiger partial charge in [0.15, 0.2) is 0 Å². The van der Waals surface area contributed by atoms with Gasteiger partial charge in [-0.05, 0) is 32.4 Å². The van der Waals surface area contributed by atoms with Gasteiger partial charge in [-0.15, -0.1) is 0 Å². The highest BCUT2D eigenvalue weighted by Crippen LogP contribution is 2.08. The van der Waals surface area contributed by atoms with Crippen LogP contribution in [0.25, 0.3) is 0 Å². The predicted octanol–water partition coefficient (Wildman–Crippen LogP) is 2.54. The summed E-state index contributed by atoms with van der Waals surface area (Å²) in [4.78, 5) is 2.54. The Bertz CT molecular complexity index is 90.1. The summed E-state index contributed by atoms with van der Waals surface area (Å²) in [6.07, 6.45) is 5.41. The highest BCUT2D eigenvalue weighted by atomic mass is 16.5. The molecular formula is C11H25NO. The molecular weight excluding hydrogens is 162 g/mol. The van der Waals surface area contributed by atoms with Gasteiger partial charge in [0.25, 0.3) is 0 Å². The summed E-state index contributed by atoms with van der Waals surface area (Å²) in [6.45, 7) is 8.76. The van der Waals surface area contributed by atoms with Gasteiger partial charge in [-0.25, -0.2) is 0 Å². The molecule has 0 atom stereocenters. The largest absolute Gasteiger partial charge is 0.385 e. The lowest BCUT2D eigenvalue weighted by Crippen LogP contribution is -2.31. The molecule has 0 unspecified atom stereocenters. The minimum absolute atomic E-state index is 0.913. The van der Waals surface area contributed by atoms with E-state index in [0.717, 1.165) is 6.61 Å². The molecule has 0 aromatic carbocycles. The van der Waals surface area contributed by atoms with Crippen LogP contribution in [0.4, 0.5) is 0 Å². The number of likely N-dealkylation sites (tertiary alicyclic amines) is 1. The normalized spacial score (nSPS) is 17.8. The van der Waals surface area contributed by atoms with E-state index in [0.29, 0.717) is 0 Å². The lowest BCUT2D eigenvalue weighted by molar-refractivity contribution is 0.162. The number of ether oxygens (including phenoxy) is 1. The zero-order valence-electron chi connectivity index (χ0n) is 9.51. The van der Waals surface area contributed by atoms with Gasteiger partial charge in [0.2, 0.25) is 0 Å². The third-order valence-electron chi connectivity index (χ3n) is 2.27. The van der Waals surface area contributed by atoms with Crippen molar-refractivity contribution in [2.45, 2.75) is 39.5 Å². The standard InChI is InChI=1S/C9H19NO.C2H6/c1-11-9-5-8-10-6-3-2-4-7-10;1-2/h2-9H2,1H3;1-2H3. The van der Waals surface area contributed by atoms with Crippen molar-refractivity contribution in [1.29, 1.82) is 0 Å². The van der Waals surface area contributed by atoms with Crippen molar-refractivity contribution in [3.8, 4) is 0 Å². The molecule has 1 saturated heterocycles. The molecule has 0 aromatic heterocycles. The lowest BCUT2D eigenvalue weighted by Gasteiger charge is -2.25. The van der Waals surface area contributed by atoms with Crippen LogP contribution in [0.1, 0.15) is 39.5 Å². The first-order valence-corrected chi connectivity index (χ1v) is 5.65. The summed E-state index contributed by atoms with van der Waals surface area (Å²) in [6, 6.07) is 0. The Morgan fingerprint density at radius 3 is 2.23 bits per heavy atom. The van der Waals surface area contributed by atoms with Crippen molar-refractivity contribution >= 4 is 0 Å². The van der Waals surface area contributed by atoms with Gasteiger partial charge in [-0.3, -0.25) is 0 Å². The van der Waals surface area contributed by atoms with Crippen LogP contribution in [-0.4, -0.2) is 38.3 Å². The van der Waals surface area contributed by atoms with Gasteiger partial charge >= 0.3 is 0 Å². The molecule has 1 heterocycles. The van der Waals surface area contributed by atoms with E-state index in [1.165, 1.54) is 45.3 Å². The molecule has 13 heavy (non-hydrogen) atoms. The van der Waals surface area contributed by atoms with Gasteiger partial charge in [0.05, 0.1) is 0 Å². The van der Waals surface area contributed by atoms with E-state index in [4.69, 9.17) is 4.74 Å². The first kappa shape index (κ1) is 12.9. The van der Waals surface area contributed by atoms with Crippen LogP contribution in [0, 0.1) is 0 Å². The van der Waals surface area contributed by atoms with Crippen LogP contribution in [0.5, 0.6) is 0 Å². The average molecular weight is 187 g/mol. The molecule has 0 amide bonds. The molecule has 1 aliphatic rings. The zero-order valence-corrected chi connectivity index (χ0v) is 9.51. The maximum atomic E-state index is 5.01. The average Bonchev–Trinajstić information content (AvgIpc) is 2.23. The number of nitrogens with zero attached hydrogens (tertiary/aromatic N) is 1. The fourth-order valence-corrected chi connectivity index (χ4v) is 1.62. The molecule has 1 fully saturated rings. The van der Waals surface area contributed by atoms with Gasteiger partial charge in [-0.1, -0.05) is 20.3 Å². The summed E-state index contributed by atoms with van der Waals surface area (Å²) in [5.74, 6) is 0. The van der Waals surface area contributed by atoms with Crippen molar-refractivity contribution in [2.24, 2.45) is 0 Å². The molecule has 0 radical (unpaired) electrons. The molecule has 0 N–H and O–H groups in total. The highest BCUT2D eigenvalue weighted by Gasteiger charge is 2.08. The first-order valence-electron chi connectivity index (χ1n) is 5.65. The number of hydrogen-bond acceptors (Lipinski definition) is 2. The molecule has 1 aliphatic heterocycles. The molecule has 2 heteroatoms. The Balaban J connectivity index is 0.000000671. The van der Waals surface area contributed by atoms with Crippen LogP contribution < -0.4 is 0 Å². The number of rotatable bonds is 4. The van der Waals surface area contributed by atoms with Gasteiger partial charge in [0.1, 0.15) is 0 Å². The van der Waals surface area contributed by atoms with Crippen LogP contribution in [0.2, 0.25) is 0 Å². The van der Waals surface area contributed by atoms with Gasteiger partial charge < -0.3 is 9.64 Å². The van der Waals surface area contributed by atoms with Crippen LogP contribution in [0.3, 0.4) is 0 Å². The zero-order chi connectivity index (χ0) is 9.94. The third kappa shape index (κ3) is 7.03. The van der Waals surface area contributed by atoms with Crippen molar-refractivity contribution in [3.63, 3.8) is 0 Å².